The molecule has 0 spiro atoms. The third-order valence-corrected chi connectivity index (χ3v) is 3.73. The van der Waals surface area contributed by atoms with Crippen LogP contribution in [0, 0.1) is 6.92 Å². The summed E-state index contributed by atoms with van der Waals surface area (Å²) in [6, 6.07) is 6.99. The molecule has 2 rings (SSSR count). The van der Waals surface area contributed by atoms with E-state index < -0.39 is 10.0 Å². The molecule has 1 heterocycles. The van der Waals surface area contributed by atoms with Crippen molar-refractivity contribution in [3.8, 4) is 0 Å². The second-order valence-corrected chi connectivity index (χ2v) is 5.45. The van der Waals surface area contributed by atoms with Crippen molar-refractivity contribution >= 4 is 15.7 Å². The Bertz CT molecular complexity index is 649. The van der Waals surface area contributed by atoms with E-state index in [4.69, 9.17) is 5.73 Å². The van der Waals surface area contributed by atoms with Crippen molar-refractivity contribution in [3.63, 3.8) is 0 Å². The summed E-state index contributed by atoms with van der Waals surface area (Å²) in [5, 5.41) is 0.0341. The van der Waals surface area contributed by atoms with E-state index in [9.17, 15) is 8.42 Å². The van der Waals surface area contributed by atoms with Crippen LogP contribution in [0.5, 0.6) is 0 Å². The maximum atomic E-state index is 12.1. The summed E-state index contributed by atoms with van der Waals surface area (Å²) in [5.74, 6) is 0.544. The van der Waals surface area contributed by atoms with Crippen molar-refractivity contribution in [1.82, 2.24) is 9.97 Å². The van der Waals surface area contributed by atoms with Crippen molar-refractivity contribution in [3.05, 3.63) is 41.9 Å². The largest absolute Gasteiger partial charge is 0.332 e. The summed E-state index contributed by atoms with van der Waals surface area (Å²) in [6.45, 7) is 1.95. The van der Waals surface area contributed by atoms with Crippen LogP contribution in [0.2, 0.25) is 0 Å². The summed E-state index contributed by atoms with van der Waals surface area (Å²) in [5.41, 5.74) is 6.77. The standard InChI is InChI=1S/C11H14N4O2S/c1-8-13-7-11(14-8)18(16,17)15-10-5-3-2-4-9(10)6-12/h2-5,7,15H,6,12H2,1H3,(H,13,14). The van der Waals surface area contributed by atoms with E-state index in [1.807, 2.05) is 0 Å². The van der Waals surface area contributed by atoms with Crippen LogP contribution in [0.3, 0.4) is 0 Å². The molecule has 0 fully saturated rings. The molecule has 1 aromatic carbocycles. The van der Waals surface area contributed by atoms with Gasteiger partial charge in [-0.2, -0.15) is 8.42 Å². The van der Waals surface area contributed by atoms with Crippen molar-refractivity contribution in [2.45, 2.75) is 18.5 Å². The predicted molar refractivity (Wildman–Crippen MR) is 68.5 cm³/mol. The number of rotatable bonds is 4. The molecule has 0 aliphatic carbocycles. The molecule has 7 heteroatoms. The average molecular weight is 266 g/mol. The Morgan fingerprint density at radius 2 is 2.11 bits per heavy atom. The number of imidazole rings is 1. The molecule has 0 atom stereocenters. The monoisotopic (exact) mass is 266 g/mol. The number of nitrogens with two attached hydrogens (primary N) is 1. The van der Waals surface area contributed by atoms with Crippen LogP contribution in [0.4, 0.5) is 5.69 Å². The van der Waals surface area contributed by atoms with Gasteiger partial charge < -0.3 is 10.7 Å². The lowest BCUT2D eigenvalue weighted by Gasteiger charge is -2.09. The van der Waals surface area contributed by atoms with Crippen LogP contribution < -0.4 is 10.5 Å². The first-order chi connectivity index (χ1) is 8.53. The van der Waals surface area contributed by atoms with Gasteiger partial charge in [0.1, 0.15) is 5.82 Å². The van der Waals surface area contributed by atoms with Crippen LogP contribution in [0.15, 0.2) is 35.5 Å². The molecular weight excluding hydrogens is 252 g/mol. The maximum absolute atomic E-state index is 12.1. The lowest BCUT2D eigenvalue weighted by molar-refractivity contribution is 0.598. The highest BCUT2D eigenvalue weighted by molar-refractivity contribution is 7.92. The fraction of sp³-hybridized carbons (Fsp3) is 0.182. The third kappa shape index (κ3) is 2.52. The summed E-state index contributed by atoms with van der Waals surface area (Å²) < 4.78 is 26.6. The van der Waals surface area contributed by atoms with Gasteiger partial charge >= 0.3 is 0 Å². The molecule has 0 saturated carbocycles. The number of benzene rings is 1. The maximum Gasteiger partial charge on any atom is 0.278 e. The molecule has 0 saturated heterocycles. The zero-order valence-electron chi connectivity index (χ0n) is 9.84. The molecule has 0 aliphatic rings. The second-order valence-electron chi connectivity index (χ2n) is 3.80. The molecule has 0 unspecified atom stereocenters. The zero-order valence-corrected chi connectivity index (χ0v) is 10.7. The molecule has 96 valence electrons. The lowest BCUT2D eigenvalue weighted by Crippen LogP contribution is -2.15. The second kappa shape index (κ2) is 4.79. The predicted octanol–water partition coefficient (Wildman–Crippen LogP) is 0.978. The molecule has 0 amide bonds. The number of aromatic amines is 1. The van der Waals surface area contributed by atoms with Crippen molar-refractivity contribution in [2.75, 3.05) is 4.72 Å². The van der Waals surface area contributed by atoms with Gasteiger partial charge in [-0.3, -0.25) is 4.72 Å². The van der Waals surface area contributed by atoms with E-state index in [0.29, 0.717) is 11.5 Å². The number of anilines is 1. The van der Waals surface area contributed by atoms with E-state index in [-0.39, 0.29) is 11.6 Å². The minimum Gasteiger partial charge on any atom is -0.332 e. The molecule has 18 heavy (non-hydrogen) atoms. The minimum atomic E-state index is -3.65. The number of hydrogen-bond donors (Lipinski definition) is 3. The van der Waals surface area contributed by atoms with E-state index in [1.54, 1.807) is 31.2 Å². The summed E-state index contributed by atoms with van der Waals surface area (Å²) in [7, 11) is -3.65. The van der Waals surface area contributed by atoms with E-state index in [1.165, 1.54) is 6.20 Å². The number of hydrogen-bond acceptors (Lipinski definition) is 4. The van der Waals surface area contributed by atoms with Crippen LogP contribution in [0.25, 0.3) is 0 Å². The Balaban J connectivity index is 2.33. The topological polar surface area (TPSA) is 101 Å². The molecule has 4 N–H and O–H groups in total. The van der Waals surface area contributed by atoms with Crippen molar-refractivity contribution in [1.29, 1.82) is 0 Å². The minimum absolute atomic E-state index is 0.0341. The number of sulfonamides is 1. The van der Waals surface area contributed by atoms with E-state index in [0.717, 1.165) is 5.56 Å². The van der Waals surface area contributed by atoms with Gasteiger partial charge in [0, 0.05) is 6.54 Å². The molecule has 2 aromatic rings. The van der Waals surface area contributed by atoms with Crippen molar-refractivity contribution < 1.29 is 8.42 Å². The van der Waals surface area contributed by atoms with Gasteiger partial charge in [-0.25, -0.2) is 4.98 Å². The van der Waals surface area contributed by atoms with Crippen LogP contribution in [-0.2, 0) is 16.6 Å². The van der Waals surface area contributed by atoms with Gasteiger partial charge in [-0.05, 0) is 18.6 Å². The Morgan fingerprint density at radius 1 is 1.39 bits per heavy atom. The fourth-order valence-corrected chi connectivity index (χ4v) is 2.60. The molecule has 0 bridgehead atoms. The zero-order chi connectivity index (χ0) is 13.2. The van der Waals surface area contributed by atoms with Gasteiger partial charge in [-0.1, -0.05) is 18.2 Å². The van der Waals surface area contributed by atoms with Gasteiger partial charge in [0.05, 0.1) is 11.9 Å². The van der Waals surface area contributed by atoms with Crippen LogP contribution in [0.1, 0.15) is 11.4 Å². The molecule has 0 radical (unpaired) electrons. The average Bonchev–Trinajstić information content (AvgIpc) is 2.77. The van der Waals surface area contributed by atoms with Crippen molar-refractivity contribution in [2.24, 2.45) is 5.73 Å². The number of nitrogens with one attached hydrogen (secondary N) is 2. The highest BCUT2D eigenvalue weighted by Gasteiger charge is 2.17. The fourth-order valence-electron chi connectivity index (χ4n) is 1.53. The Labute approximate surface area is 105 Å². The molecule has 6 nitrogen and oxygen atoms in total. The smallest absolute Gasteiger partial charge is 0.278 e. The van der Waals surface area contributed by atoms with Gasteiger partial charge in [0.15, 0.2) is 5.03 Å². The summed E-state index contributed by atoms with van der Waals surface area (Å²) in [4.78, 5) is 6.55. The SMILES string of the molecule is Cc1ncc(S(=O)(=O)Nc2ccccc2CN)[nH]1. The van der Waals surface area contributed by atoms with Gasteiger partial charge in [-0.15, -0.1) is 0 Å². The van der Waals surface area contributed by atoms with E-state index >= 15 is 0 Å². The highest BCUT2D eigenvalue weighted by atomic mass is 32.2. The van der Waals surface area contributed by atoms with Gasteiger partial charge in [0.2, 0.25) is 0 Å². The molecule has 1 aromatic heterocycles. The first-order valence-electron chi connectivity index (χ1n) is 5.35. The van der Waals surface area contributed by atoms with Crippen LogP contribution >= 0.6 is 0 Å². The molecular formula is C11H14N4O2S. The Hall–Kier alpha value is -1.86. The van der Waals surface area contributed by atoms with E-state index in [2.05, 4.69) is 14.7 Å². The quantitative estimate of drug-likeness (QED) is 0.767. The Kier molecular flexibility index (Phi) is 3.35. The summed E-state index contributed by atoms with van der Waals surface area (Å²) in [6.07, 6.45) is 1.28. The lowest BCUT2D eigenvalue weighted by atomic mass is 10.2. The number of aryl methyl sites for hydroxylation is 1. The number of aromatic nitrogens is 2. The van der Waals surface area contributed by atoms with Crippen LogP contribution in [-0.4, -0.2) is 18.4 Å². The number of para-hydroxylation sites is 1. The number of H-pyrrole nitrogens is 1. The normalized spacial score (nSPS) is 11.4. The first-order valence-corrected chi connectivity index (χ1v) is 6.83. The number of nitrogens with zero attached hydrogens (tertiary/aromatic N) is 1. The first kappa shape index (κ1) is 12.6. The molecule has 0 aliphatic heterocycles. The summed E-state index contributed by atoms with van der Waals surface area (Å²) >= 11 is 0. The Morgan fingerprint density at radius 3 is 2.72 bits per heavy atom. The third-order valence-electron chi connectivity index (χ3n) is 2.45. The highest BCUT2D eigenvalue weighted by Crippen LogP contribution is 2.18. The van der Waals surface area contributed by atoms with Gasteiger partial charge in [0.25, 0.3) is 10.0 Å².